The van der Waals surface area contributed by atoms with Crippen molar-refractivity contribution < 1.29 is 29.3 Å². The number of methoxy groups -OCH3 is 1. The Morgan fingerprint density at radius 1 is 1.00 bits per heavy atom. The number of aromatic hydroxyl groups is 1. The number of hydrogen-bond acceptors (Lipinski definition) is 7. The van der Waals surface area contributed by atoms with Gasteiger partial charge < -0.3 is 29.5 Å². The molecule has 3 aromatic rings. The highest BCUT2D eigenvalue weighted by Gasteiger charge is 2.46. The number of ketones is 1. The van der Waals surface area contributed by atoms with Gasteiger partial charge in [0.25, 0.3) is 11.7 Å². The fraction of sp³-hybridized carbons (Fsp3) is 0.312. The van der Waals surface area contributed by atoms with Gasteiger partial charge in [0.05, 0.1) is 18.7 Å². The molecule has 0 aromatic heterocycles. The zero-order chi connectivity index (χ0) is 28.8. The minimum Gasteiger partial charge on any atom is -0.507 e. The molecule has 0 saturated carbocycles. The molecule has 0 aliphatic carbocycles. The molecule has 2 N–H and O–H groups in total. The van der Waals surface area contributed by atoms with E-state index in [9.17, 15) is 19.8 Å². The van der Waals surface area contributed by atoms with Gasteiger partial charge in [-0.1, -0.05) is 49.7 Å². The second-order valence-corrected chi connectivity index (χ2v) is 9.75. The normalized spacial score (nSPS) is 16.5. The average Bonchev–Trinajstić information content (AvgIpc) is 3.22. The molecule has 1 aliphatic rings. The maximum Gasteiger partial charge on any atom is 0.295 e. The Morgan fingerprint density at radius 3 is 2.38 bits per heavy atom. The van der Waals surface area contributed by atoms with Crippen LogP contribution < -0.4 is 9.47 Å². The van der Waals surface area contributed by atoms with Gasteiger partial charge in [-0.05, 0) is 67.5 Å². The number of likely N-dealkylation sites (tertiary alicyclic amines) is 1. The molecule has 40 heavy (non-hydrogen) atoms. The summed E-state index contributed by atoms with van der Waals surface area (Å²) in [5, 5.41) is 21.5. The van der Waals surface area contributed by atoms with Crippen LogP contribution in [0.15, 0.2) is 72.3 Å². The number of aliphatic hydroxyl groups excluding tert-OH is 1. The van der Waals surface area contributed by atoms with E-state index in [0.717, 1.165) is 24.2 Å². The molecule has 1 aliphatic heterocycles. The van der Waals surface area contributed by atoms with E-state index in [4.69, 9.17) is 9.47 Å². The number of aryl methyl sites for hydroxylation is 1. The molecule has 0 spiro atoms. The number of phenols is 1. The predicted octanol–water partition coefficient (Wildman–Crippen LogP) is 5.05. The second kappa shape index (κ2) is 12.7. The molecule has 0 radical (unpaired) electrons. The first-order valence-corrected chi connectivity index (χ1v) is 13.4. The summed E-state index contributed by atoms with van der Waals surface area (Å²) >= 11 is 0. The van der Waals surface area contributed by atoms with E-state index in [-0.39, 0.29) is 22.8 Å². The lowest BCUT2D eigenvalue weighted by Crippen LogP contribution is -2.38. The Hall–Kier alpha value is -4.30. The van der Waals surface area contributed by atoms with E-state index in [1.54, 1.807) is 36.4 Å². The Balaban J connectivity index is 1.67. The topological polar surface area (TPSA) is 99.5 Å². The van der Waals surface area contributed by atoms with Crippen molar-refractivity contribution in [1.29, 1.82) is 0 Å². The summed E-state index contributed by atoms with van der Waals surface area (Å²) in [6.45, 7) is 8.96. The van der Waals surface area contributed by atoms with E-state index in [1.807, 2.05) is 39.0 Å². The zero-order valence-corrected chi connectivity index (χ0v) is 23.4. The van der Waals surface area contributed by atoms with Crippen molar-refractivity contribution in [2.24, 2.45) is 0 Å². The van der Waals surface area contributed by atoms with E-state index in [2.05, 4.69) is 11.0 Å². The molecule has 1 fully saturated rings. The van der Waals surface area contributed by atoms with Gasteiger partial charge >= 0.3 is 0 Å². The van der Waals surface area contributed by atoms with Crippen LogP contribution >= 0.6 is 0 Å². The molecule has 210 valence electrons. The van der Waals surface area contributed by atoms with Crippen molar-refractivity contribution in [2.45, 2.75) is 33.4 Å². The minimum absolute atomic E-state index is 0.00859. The molecule has 8 heteroatoms. The molecule has 1 amide bonds. The van der Waals surface area contributed by atoms with Crippen LogP contribution in [0.2, 0.25) is 0 Å². The fourth-order valence-electron chi connectivity index (χ4n) is 4.94. The number of Topliss-reactive ketones (excluding diaryl/α,β-unsaturated/α-hetero) is 1. The number of ether oxygens (including phenoxy) is 2. The molecule has 0 unspecified atom stereocenters. The molecular weight excluding hydrogens is 508 g/mol. The van der Waals surface area contributed by atoms with Crippen LogP contribution in [0.25, 0.3) is 5.76 Å². The van der Waals surface area contributed by atoms with Crippen molar-refractivity contribution in [2.75, 3.05) is 33.3 Å². The Kier molecular flexibility index (Phi) is 9.11. The zero-order valence-electron chi connectivity index (χ0n) is 23.4. The van der Waals surface area contributed by atoms with E-state index in [1.165, 1.54) is 18.1 Å². The number of carbonyl (C=O) groups is 2. The van der Waals surface area contributed by atoms with Crippen LogP contribution in [0, 0.1) is 6.92 Å². The monoisotopic (exact) mass is 544 g/mol. The highest BCUT2D eigenvalue weighted by Crippen LogP contribution is 2.41. The largest absolute Gasteiger partial charge is 0.507 e. The highest BCUT2D eigenvalue weighted by atomic mass is 16.5. The third-order valence-corrected chi connectivity index (χ3v) is 7.23. The quantitative estimate of drug-likeness (QED) is 0.198. The first kappa shape index (κ1) is 28.7. The second-order valence-electron chi connectivity index (χ2n) is 9.75. The predicted molar refractivity (Wildman–Crippen MR) is 153 cm³/mol. The van der Waals surface area contributed by atoms with Crippen LogP contribution in [-0.2, 0) is 16.2 Å². The van der Waals surface area contributed by atoms with E-state index < -0.39 is 17.7 Å². The summed E-state index contributed by atoms with van der Waals surface area (Å²) in [5.74, 6) is -0.948. The summed E-state index contributed by atoms with van der Waals surface area (Å²) in [5.41, 5.74) is 3.12. The summed E-state index contributed by atoms with van der Waals surface area (Å²) in [7, 11) is 1.43. The molecule has 4 rings (SSSR count). The highest BCUT2D eigenvalue weighted by molar-refractivity contribution is 6.46. The number of rotatable bonds is 11. The summed E-state index contributed by atoms with van der Waals surface area (Å²) in [6, 6.07) is 18.7. The van der Waals surface area contributed by atoms with E-state index in [0.29, 0.717) is 36.6 Å². The summed E-state index contributed by atoms with van der Waals surface area (Å²) in [6.07, 6.45) is 0. The lowest BCUT2D eigenvalue weighted by Gasteiger charge is -2.28. The van der Waals surface area contributed by atoms with Gasteiger partial charge in [-0.15, -0.1) is 0 Å². The van der Waals surface area contributed by atoms with Gasteiger partial charge in [0.1, 0.15) is 18.1 Å². The Labute approximate surface area is 235 Å². The molecule has 1 atom stereocenters. The van der Waals surface area contributed by atoms with Gasteiger partial charge in [0.2, 0.25) is 0 Å². The minimum atomic E-state index is -0.845. The van der Waals surface area contributed by atoms with Crippen molar-refractivity contribution in [3.63, 3.8) is 0 Å². The van der Waals surface area contributed by atoms with Gasteiger partial charge in [0.15, 0.2) is 11.5 Å². The van der Waals surface area contributed by atoms with Crippen molar-refractivity contribution in [3.05, 3.63) is 94.6 Å². The van der Waals surface area contributed by atoms with E-state index >= 15 is 0 Å². The first-order valence-electron chi connectivity index (χ1n) is 13.4. The molecule has 1 heterocycles. The first-order chi connectivity index (χ1) is 19.3. The van der Waals surface area contributed by atoms with Crippen LogP contribution in [0.4, 0.5) is 0 Å². The van der Waals surface area contributed by atoms with Crippen molar-refractivity contribution in [1.82, 2.24) is 9.80 Å². The van der Waals surface area contributed by atoms with Gasteiger partial charge in [-0.2, -0.15) is 0 Å². The third-order valence-electron chi connectivity index (χ3n) is 7.23. The van der Waals surface area contributed by atoms with Gasteiger partial charge in [0, 0.05) is 18.7 Å². The standard InChI is InChI=1S/C32H36N2O6/c1-5-33(6-2)16-17-34-29(24-12-15-26(35)27(19-24)39-4)28(31(37)32(34)38)30(36)23-10-13-25(14-11-23)40-20-22-9-7-8-21(3)18-22/h7-15,18-19,29,35-36H,5-6,16-17,20H2,1-4H3/t29-/m0/s1. The smallest absolute Gasteiger partial charge is 0.295 e. The maximum absolute atomic E-state index is 13.3. The number of likely N-dealkylation sites (N-methyl/N-ethyl adjacent to an activating group) is 1. The van der Waals surface area contributed by atoms with Crippen LogP contribution in [0.3, 0.4) is 0 Å². The van der Waals surface area contributed by atoms with Crippen LogP contribution in [0.1, 0.15) is 42.1 Å². The van der Waals surface area contributed by atoms with Crippen LogP contribution in [0.5, 0.6) is 17.2 Å². The summed E-state index contributed by atoms with van der Waals surface area (Å²) < 4.78 is 11.2. The Bertz CT molecular complexity index is 1390. The average molecular weight is 545 g/mol. The number of amides is 1. The number of nitrogens with zero attached hydrogens (tertiary/aromatic N) is 2. The fourth-order valence-corrected chi connectivity index (χ4v) is 4.94. The third kappa shape index (κ3) is 6.13. The Morgan fingerprint density at radius 2 is 1.73 bits per heavy atom. The lowest BCUT2D eigenvalue weighted by atomic mass is 9.95. The van der Waals surface area contributed by atoms with Crippen molar-refractivity contribution in [3.8, 4) is 17.2 Å². The maximum atomic E-state index is 13.3. The lowest BCUT2D eigenvalue weighted by molar-refractivity contribution is -0.140. The van der Waals surface area contributed by atoms with Gasteiger partial charge in [-0.25, -0.2) is 0 Å². The SMILES string of the molecule is CCN(CC)CCN1C(=O)C(=O)C(=C(O)c2ccc(OCc3cccc(C)c3)cc2)[C@@H]1c1ccc(O)c(OC)c1. The van der Waals surface area contributed by atoms with Gasteiger partial charge in [-0.3, -0.25) is 9.59 Å². The van der Waals surface area contributed by atoms with Crippen LogP contribution in [-0.4, -0.2) is 65.0 Å². The number of carbonyl (C=O) groups excluding carboxylic acids is 2. The molecule has 1 saturated heterocycles. The number of hydrogen-bond donors (Lipinski definition) is 2. The molecule has 8 nitrogen and oxygen atoms in total. The molecule has 0 bridgehead atoms. The van der Waals surface area contributed by atoms with Crippen molar-refractivity contribution >= 4 is 17.4 Å². The molecule has 3 aromatic carbocycles. The molecular formula is C32H36N2O6. The number of phenolic OH excluding ortho intramolecular Hbond substituents is 1. The number of benzene rings is 3. The number of aliphatic hydroxyl groups is 1. The summed E-state index contributed by atoms with van der Waals surface area (Å²) in [4.78, 5) is 30.2.